The number of ether oxygens (including phenoxy) is 1. The molecule has 0 N–H and O–H groups in total. The van der Waals surface area contributed by atoms with Crippen LogP contribution in [0.1, 0.15) is 18.9 Å². The van der Waals surface area contributed by atoms with Crippen LogP contribution in [0.4, 0.5) is 0 Å². The van der Waals surface area contributed by atoms with Gasteiger partial charge < -0.3 is 4.74 Å². The molecule has 2 heteroatoms. The Balaban J connectivity index is 2.45. The Kier molecular flexibility index (Phi) is 3.78. The molecule has 0 radical (unpaired) electrons. The molecule has 0 heterocycles. The predicted molar refractivity (Wildman–Crippen MR) is 74.8 cm³/mol. The highest BCUT2D eigenvalue weighted by Crippen LogP contribution is 2.22. The number of carbonyl (C=O) groups excluding carboxylic acids is 1. The SMILES string of the molecule is CCC(C=O)=Cc1ccc2cc(OC)ccc2c1. The summed E-state index contributed by atoms with van der Waals surface area (Å²) >= 11 is 0. The van der Waals surface area contributed by atoms with E-state index in [1.54, 1.807) is 7.11 Å². The summed E-state index contributed by atoms with van der Waals surface area (Å²) in [7, 11) is 1.66. The van der Waals surface area contributed by atoms with Gasteiger partial charge in [-0.15, -0.1) is 0 Å². The summed E-state index contributed by atoms with van der Waals surface area (Å²) in [6, 6.07) is 12.1. The highest BCUT2D eigenvalue weighted by molar-refractivity contribution is 5.88. The van der Waals surface area contributed by atoms with Gasteiger partial charge in [-0.2, -0.15) is 0 Å². The van der Waals surface area contributed by atoms with E-state index in [1.807, 2.05) is 43.3 Å². The Labute approximate surface area is 107 Å². The van der Waals surface area contributed by atoms with E-state index in [2.05, 4.69) is 6.07 Å². The van der Waals surface area contributed by atoms with Crippen LogP contribution in [0.2, 0.25) is 0 Å². The third-order valence-electron chi connectivity index (χ3n) is 2.98. The van der Waals surface area contributed by atoms with E-state index in [9.17, 15) is 4.79 Å². The van der Waals surface area contributed by atoms with E-state index in [4.69, 9.17) is 4.74 Å². The molecule has 2 nitrogen and oxygen atoms in total. The van der Waals surface area contributed by atoms with E-state index in [0.29, 0.717) is 0 Å². The fourth-order valence-corrected chi connectivity index (χ4v) is 1.89. The molecule has 2 rings (SSSR count). The van der Waals surface area contributed by atoms with Gasteiger partial charge in [0.25, 0.3) is 0 Å². The number of hydrogen-bond donors (Lipinski definition) is 0. The number of rotatable bonds is 4. The van der Waals surface area contributed by atoms with Crippen LogP contribution in [0.3, 0.4) is 0 Å². The van der Waals surface area contributed by atoms with Crippen LogP contribution in [0.25, 0.3) is 16.8 Å². The van der Waals surface area contributed by atoms with Gasteiger partial charge in [-0.3, -0.25) is 4.79 Å². The van der Waals surface area contributed by atoms with Crippen molar-refractivity contribution in [3.8, 4) is 5.75 Å². The summed E-state index contributed by atoms with van der Waals surface area (Å²) < 4.78 is 5.19. The molecule has 2 aromatic carbocycles. The molecule has 0 unspecified atom stereocenters. The zero-order valence-electron chi connectivity index (χ0n) is 10.6. The van der Waals surface area contributed by atoms with Crippen molar-refractivity contribution in [3.05, 3.63) is 47.5 Å². The molecule has 0 atom stereocenters. The van der Waals surface area contributed by atoms with Gasteiger partial charge in [0, 0.05) is 0 Å². The summed E-state index contributed by atoms with van der Waals surface area (Å²) in [5.74, 6) is 0.855. The second-order valence-corrected chi connectivity index (χ2v) is 4.16. The van der Waals surface area contributed by atoms with Gasteiger partial charge in [0.05, 0.1) is 7.11 Å². The normalized spacial score (nSPS) is 11.6. The summed E-state index contributed by atoms with van der Waals surface area (Å²) in [4.78, 5) is 10.8. The van der Waals surface area contributed by atoms with Crippen molar-refractivity contribution in [2.24, 2.45) is 0 Å². The molecule has 0 fully saturated rings. The van der Waals surface area contributed by atoms with E-state index >= 15 is 0 Å². The van der Waals surface area contributed by atoms with Crippen LogP contribution >= 0.6 is 0 Å². The van der Waals surface area contributed by atoms with Gasteiger partial charge >= 0.3 is 0 Å². The Morgan fingerprint density at radius 3 is 2.56 bits per heavy atom. The monoisotopic (exact) mass is 240 g/mol. The Bertz CT molecular complexity index is 597. The summed E-state index contributed by atoms with van der Waals surface area (Å²) in [5.41, 5.74) is 1.86. The van der Waals surface area contributed by atoms with E-state index in [0.717, 1.165) is 40.4 Å². The van der Waals surface area contributed by atoms with Gasteiger partial charge in [-0.1, -0.05) is 25.1 Å². The Morgan fingerprint density at radius 2 is 1.89 bits per heavy atom. The Morgan fingerprint density at radius 1 is 1.17 bits per heavy atom. The second kappa shape index (κ2) is 5.50. The van der Waals surface area contributed by atoms with E-state index < -0.39 is 0 Å². The van der Waals surface area contributed by atoms with Crippen molar-refractivity contribution >= 4 is 23.1 Å². The predicted octanol–water partition coefficient (Wildman–Crippen LogP) is 3.84. The molecule has 0 amide bonds. The molecule has 0 aliphatic rings. The van der Waals surface area contributed by atoms with E-state index in [1.165, 1.54) is 0 Å². The number of methoxy groups -OCH3 is 1. The van der Waals surface area contributed by atoms with Gasteiger partial charge in [0.15, 0.2) is 0 Å². The van der Waals surface area contributed by atoms with Crippen LogP contribution in [-0.2, 0) is 4.79 Å². The molecule has 0 aromatic heterocycles. The highest BCUT2D eigenvalue weighted by Gasteiger charge is 1.98. The number of allylic oxidation sites excluding steroid dienone is 1. The maximum atomic E-state index is 10.8. The first-order valence-electron chi connectivity index (χ1n) is 6.00. The first-order chi connectivity index (χ1) is 8.76. The molecule has 0 saturated carbocycles. The van der Waals surface area contributed by atoms with Crippen molar-refractivity contribution in [1.29, 1.82) is 0 Å². The molecule has 2 aromatic rings. The molecule has 0 bridgehead atoms. The maximum Gasteiger partial charge on any atom is 0.146 e. The van der Waals surface area contributed by atoms with Crippen molar-refractivity contribution in [2.75, 3.05) is 7.11 Å². The molecule has 18 heavy (non-hydrogen) atoms. The fourth-order valence-electron chi connectivity index (χ4n) is 1.89. The van der Waals surface area contributed by atoms with Gasteiger partial charge in [-0.05, 0) is 52.6 Å². The van der Waals surface area contributed by atoms with Crippen molar-refractivity contribution in [2.45, 2.75) is 13.3 Å². The van der Waals surface area contributed by atoms with Crippen LogP contribution in [0.15, 0.2) is 42.0 Å². The van der Waals surface area contributed by atoms with E-state index in [-0.39, 0.29) is 0 Å². The molecule has 0 aliphatic heterocycles. The summed E-state index contributed by atoms with van der Waals surface area (Å²) in [6.45, 7) is 1.98. The highest BCUT2D eigenvalue weighted by atomic mass is 16.5. The number of benzene rings is 2. The molecule has 0 aliphatic carbocycles. The number of carbonyl (C=O) groups is 1. The molecule has 92 valence electrons. The minimum absolute atomic E-state index is 0.754. The average molecular weight is 240 g/mol. The largest absolute Gasteiger partial charge is 0.497 e. The minimum Gasteiger partial charge on any atom is -0.497 e. The van der Waals surface area contributed by atoms with Gasteiger partial charge in [-0.25, -0.2) is 0 Å². The number of hydrogen-bond acceptors (Lipinski definition) is 2. The smallest absolute Gasteiger partial charge is 0.146 e. The van der Waals surface area contributed by atoms with Gasteiger partial charge in [0.2, 0.25) is 0 Å². The number of aldehydes is 1. The quantitative estimate of drug-likeness (QED) is 0.599. The lowest BCUT2D eigenvalue weighted by atomic mass is 10.0. The zero-order chi connectivity index (χ0) is 13.0. The van der Waals surface area contributed by atoms with Crippen LogP contribution in [0, 0.1) is 0 Å². The lowest BCUT2D eigenvalue weighted by molar-refractivity contribution is -0.104. The maximum absolute atomic E-state index is 10.8. The lowest BCUT2D eigenvalue weighted by Crippen LogP contribution is -1.84. The Hall–Kier alpha value is -2.09. The molecular weight excluding hydrogens is 224 g/mol. The summed E-state index contributed by atoms with van der Waals surface area (Å²) in [5, 5.41) is 2.28. The third-order valence-corrected chi connectivity index (χ3v) is 2.98. The molecular formula is C16H16O2. The second-order valence-electron chi connectivity index (χ2n) is 4.16. The fraction of sp³-hybridized carbons (Fsp3) is 0.188. The van der Waals surface area contributed by atoms with Crippen LogP contribution in [0.5, 0.6) is 5.75 Å². The van der Waals surface area contributed by atoms with Crippen LogP contribution in [-0.4, -0.2) is 13.4 Å². The lowest BCUT2D eigenvalue weighted by Gasteiger charge is -2.04. The van der Waals surface area contributed by atoms with Crippen molar-refractivity contribution in [1.82, 2.24) is 0 Å². The topological polar surface area (TPSA) is 26.3 Å². The van der Waals surface area contributed by atoms with Crippen molar-refractivity contribution in [3.63, 3.8) is 0 Å². The third kappa shape index (κ3) is 2.59. The standard InChI is InChI=1S/C16H16O2/c1-3-12(11-17)8-13-4-5-15-10-16(18-2)7-6-14(15)9-13/h4-11H,3H2,1-2H3. The molecule has 0 spiro atoms. The number of fused-ring (bicyclic) bond motifs is 1. The first-order valence-corrected chi connectivity index (χ1v) is 6.00. The van der Waals surface area contributed by atoms with Crippen LogP contribution < -0.4 is 4.74 Å². The average Bonchev–Trinajstić information content (AvgIpc) is 2.44. The molecule has 0 saturated heterocycles. The van der Waals surface area contributed by atoms with Crippen molar-refractivity contribution < 1.29 is 9.53 Å². The minimum atomic E-state index is 0.754. The first kappa shape index (κ1) is 12.4. The summed E-state index contributed by atoms with van der Waals surface area (Å²) in [6.07, 6.45) is 3.60. The van der Waals surface area contributed by atoms with Gasteiger partial charge in [0.1, 0.15) is 12.0 Å². The zero-order valence-corrected chi connectivity index (χ0v) is 10.6.